The first-order chi connectivity index (χ1) is 13.5. The third kappa shape index (κ3) is 3.30. The van der Waals surface area contributed by atoms with E-state index in [-0.39, 0.29) is 18.1 Å². The van der Waals surface area contributed by atoms with Gasteiger partial charge in [0.05, 0.1) is 22.7 Å². The summed E-state index contributed by atoms with van der Waals surface area (Å²) < 4.78 is 16.0. The molecule has 1 aliphatic rings. The van der Waals surface area contributed by atoms with Gasteiger partial charge in [-0.15, -0.1) is 0 Å². The number of nitrogens with two attached hydrogens (primary N) is 1. The Labute approximate surface area is 168 Å². The molecule has 2 aromatic heterocycles. The zero-order valence-electron chi connectivity index (χ0n) is 15.0. The minimum atomic E-state index is -0.458. The monoisotopic (exact) mass is 444 g/mol. The second-order valence-corrected chi connectivity index (χ2v) is 7.78. The predicted molar refractivity (Wildman–Crippen MR) is 108 cm³/mol. The van der Waals surface area contributed by atoms with Crippen LogP contribution in [0.1, 0.15) is 24.0 Å². The van der Waals surface area contributed by atoms with E-state index in [2.05, 4.69) is 27.0 Å². The molecular formula is C19H18BrFN6O. The Morgan fingerprint density at radius 3 is 3.04 bits per heavy atom. The predicted octanol–water partition coefficient (Wildman–Crippen LogP) is 2.47. The van der Waals surface area contributed by atoms with E-state index < -0.39 is 5.82 Å². The lowest BCUT2D eigenvalue weighted by Crippen LogP contribution is -2.45. The number of hydrogen-bond donors (Lipinski definition) is 2. The number of nitriles is 1. The number of rotatable bonds is 3. The molecular weight excluding hydrogens is 427 g/mol. The highest BCUT2D eigenvalue weighted by Gasteiger charge is 2.24. The van der Waals surface area contributed by atoms with E-state index in [0.29, 0.717) is 39.1 Å². The lowest BCUT2D eigenvalue weighted by atomic mass is 10.1. The normalized spacial score (nSPS) is 17.1. The maximum Gasteiger partial charge on any atom is 0.279 e. The number of hydrogen-bond acceptors (Lipinski definition) is 5. The molecule has 1 atom stereocenters. The highest BCUT2D eigenvalue weighted by Crippen LogP contribution is 2.25. The molecule has 0 radical (unpaired) electrons. The van der Waals surface area contributed by atoms with E-state index in [4.69, 9.17) is 10.7 Å². The molecule has 0 amide bonds. The van der Waals surface area contributed by atoms with Gasteiger partial charge in [-0.3, -0.25) is 9.36 Å². The topological polar surface area (TPSA) is 104 Å². The van der Waals surface area contributed by atoms with Crippen LogP contribution in [0.15, 0.2) is 33.7 Å². The quantitative estimate of drug-likeness (QED) is 0.645. The molecule has 1 fully saturated rings. The Morgan fingerprint density at radius 2 is 2.29 bits per heavy atom. The molecule has 0 aliphatic carbocycles. The first kappa shape index (κ1) is 18.7. The van der Waals surface area contributed by atoms with Crippen molar-refractivity contribution in [2.24, 2.45) is 5.73 Å². The second-order valence-electron chi connectivity index (χ2n) is 6.92. The number of benzene rings is 1. The van der Waals surface area contributed by atoms with E-state index in [9.17, 15) is 14.4 Å². The fourth-order valence-corrected chi connectivity index (χ4v) is 4.00. The standard InChI is InChI=1S/C19H18BrFN6O/c20-15-8-24-17-16(15)25-19(26-5-1-2-14(23)10-26)27(18(17)28)9-12-6-13(21)4-3-11(12)7-22/h3-4,6,8,14,24H,1-2,5,9-10,23H2/t14-/m1/s1. The molecule has 0 unspecified atom stereocenters. The van der Waals surface area contributed by atoms with Gasteiger partial charge < -0.3 is 15.6 Å². The van der Waals surface area contributed by atoms with Crippen LogP contribution in [0.4, 0.5) is 10.3 Å². The fraction of sp³-hybridized carbons (Fsp3) is 0.316. The smallest absolute Gasteiger partial charge is 0.279 e. The number of nitrogens with one attached hydrogen (secondary N) is 1. The van der Waals surface area contributed by atoms with Gasteiger partial charge in [-0.05, 0) is 52.5 Å². The Morgan fingerprint density at radius 1 is 1.46 bits per heavy atom. The summed E-state index contributed by atoms with van der Waals surface area (Å²) in [6, 6.07) is 5.99. The molecule has 0 spiro atoms. The van der Waals surface area contributed by atoms with Crippen molar-refractivity contribution in [2.75, 3.05) is 18.0 Å². The van der Waals surface area contributed by atoms with Crippen LogP contribution in [0.25, 0.3) is 11.0 Å². The van der Waals surface area contributed by atoms with Crippen molar-refractivity contribution in [3.8, 4) is 6.07 Å². The second kappa shape index (κ2) is 7.37. The van der Waals surface area contributed by atoms with Crippen molar-refractivity contribution in [1.82, 2.24) is 14.5 Å². The van der Waals surface area contributed by atoms with Gasteiger partial charge in [-0.2, -0.15) is 5.26 Å². The number of H-pyrrole nitrogens is 1. The molecule has 1 saturated heterocycles. The molecule has 144 valence electrons. The van der Waals surface area contributed by atoms with E-state index in [1.165, 1.54) is 22.8 Å². The molecule has 3 N–H and O–H groups in total. The lowest BCUT2D eigenvalue weighted by Gasteiger charge is -2.33. The Balaban J connectivity index is 1.90. The van der Waals surface area contributed by atoms with E-state index in [0.717, 1.165) is 19.4 Å². The summed E-state index contributed by atoms with van der Waals surface area (Å²) >= 11 is 3.42. The Kier molecular flexibility index (Phi) is 4.91. The number of halogens is 2. The van der Waals surface area contributed by atoms with Gasteiger partial charge in [0.1, 0.15) is 16.9 Å². The van der Waals surface area contributed by atoms with Gasteiger partial charge in [0, 0.05) is 25.3 Å². The van der Waals surface area contributed by atoms with Crippen molar-refractivity contribution in [3.63, 3.8) is 0 Å². The number of fused-ring (bicyclic) bond motifs is 1. The van der Waals surface area contributed by atoms with Crippen LogP contribution in [0.3, 0.4) is 0 Å². The van der Waals surface area contributed by atoms with Crippen LogP contribution >= 0.6 is 15.9 Å². The Bertz CT molecular complexity index is 1150. The first-order valence-electron chi connectivity index (χ1n) is 8.94. The average Bonchev–Trinajstić information content (AvgIpc) is 3.05. The fourth-order valence-electron chi connectivity index (χ4n) is 3.60. The maximum absolute atomic E-state index is 13.8. The van der Waals surface area contributed by atoms with E-state index in [1.807, 2.05) is 4.90 Å². The van der Waals surface area contributed by atoms with Crippen molar-refractivity contribution in [2.45, 2.75) is 25.4 Å². The molecule has 28 heavy (non-hydrogen) atoms. The number of aromatic amines is 1. The zero-order valence-corrected chi connectivity index (χ0v) is 16.5. The first-order valence-corrected chi connectivity index (χ1v) is 9.73. The summed E-state index contributed by atoms with van der Waals surface area (Å²) in [4.78, 5) is 22.8. The summed E-state index contributed by atoms with van der Waals surface area (Å²) in [7, 11) is 0. The molecule has 9 heteroatoms. The highest BCUT2D eigenvalue weighted by molar-refractivity contribution is 9.10. The molecule has 7 nitrogen and oxygen atoms in total. The molecule has 3 heterocycles. The van der Waals surface area contributed by atoms with Crippen LogP contribution in [-0.4, -0.2) is 33.7 Å². The van der Waals surface area contributed by atoms with Crippen molar-refractivity contribution >= 4 is 32.9 Å². The third-order valence-electron chi connectivity index (χ3n) is 4.98. The summed E-state index contributed by atoms with van der Waals surface area (Å²) in [5, 5.41) is 9.37. The van der Waals surface area contributed by atoms with E-state index in [1.54, 1.807) is 6.20 Å². The Hall–Kier alpha value is -2.70. The van der Waals surface area contributed by atoms with Crippen molar-refractivity contribution in [3.05, 3.63) is 56.2 Å². The number of nitrogens with zero attached hydrogens (tertiary/aromatic N) is 4. The summed E-state index contributed by atoms with van der Waals surface area (Å²) in [6.07, 6.45) is 3.48. The third-order valence-corrected chi connectivity index (χ3v) is 5.58. The van der Waals surface area contributed by atoms with Crippen LogP contribution in [0.5, 0.6) is 0 Å². The summed E-state index contributed by atoms with van der Waals surface area (Å²) in [5.41, 5.74) is 7.49. The highest BCUT2D eigenvalue weighted by atomic mass is 79.9. The minimum absolute atomic E-state index is 0.00620. The lowest BCUT2D eigenvalue weighted by molar-refractivity contribution is 0.491. The van der Waals surface area contributed by atoms with Crippen LogP contribution in [0.2, 0.25) is 0 Å². The summed E-state index contributed by atoms with van der Waals surface area (Å²) in [5.74, 6) is 0.0151. The number of aromatic nitrogens is 3. The molecule has 4 rings (SSSR count). The number of piperidine rings is 1. The van der Waals surface area contributed by atoms with Crippen LogP contribution < -0.4 is 16.2 Å². The molecule has 0 saturated carbocycles. The van der Waals surface area contributed by atoms with Gasteiger partial charge in [0.25, 0.3) is 5.56 Å². The largest absolute Gasteiger partial charge is 0.354 e. The van der Waals surface area contributed by atoms with Gasteiger partial charge in [0.15, 0.2) is 0 Å². The van der Waals surface area contributed by atoms with Gasteiger partial charge in [0.2, 0.25) is 5.95 Å². The van der Waals surface area contributed by atoms with Gasteiger partial charge >= 0.3 is 0 Å². The molecule has 0 bridgehead atoms. The van der Waals surface area contributed by atoms with E-state index >= 15 is 0 Å². The van der Waals surface area contributed by atoms with Crippen molar-refractivity contribution in [1.29, 1.82) is 5.26 Å². The molecule has 1 aliphatic heterocycles. The molecule has 3 aromatic rings. The SMILES string of the molecule is N#Cc1ccc(F)cc1Cn1c(N2CCC[C@@H](N)C2)nc2c(Br)c[nH]c2c1=O. The number of anilines is 1. The van der Waals surface area contributed by atoms with Crippen molar-refractivity contribution < 1.29 is 4.39 Å². The minimum Gasteiger partial charge on any atom is -0.354 e. The van der Waals surface area contributed by atoms with Gasteiger partial charge in [-0.25, -0.2) is 9.37 Å². The maximum atomic E-state index is 13.8. The molecule has 1 aromatic carbocycles. The zero-order chi connectivity index (χ0) is 19.8. The average molecular weight is 445 g/mol. The summed E-state index contributed by atoms with van der Waals surface area (Å²) in [6.45, 7) is 1.34. The van der Waals surface area contributed by atoms with Gasteiger partial charge in [-0.1, -0.05) is 0 Å². The van der Waals surface area contributed by atoms with Crippen LogP contribution in [0, 0.1) is 17.1 Å². The van der Waals surface area contributed by atoms with Crippen LogP contribution in [-0.2, 0) is 6.54 Å².